The number of amides is 1. The van der Waals surface area contributed by atoms with Gasteiger partial charge in [-0.1, -0.05) is 0 Å². The zero-order valence-corrected chi connectivity index (χ0v) is 11.0. The van der Waals surface area contributed by atoms with Crippen LogP contribution in [-0.4, -0.2) is 49.2 Å². The van der Waals surface area contributed by atoms with Crippen molar-refractivity contribution in [3.63, 3.8) is 0 Å². The highest BCUT2D eigenvalue weighted by Gasteiger charge is 2.31. The van der Waals surface area contributed by atoms with Gasteiger partial charge in [0.1, 0.15) is 0 Å². The van der Waals surface area contributed by atoms with E-state index in [-0.39, 0.29) is 23.7 Å². The minimum absolute atomic E-state index is 0.00113. The van der Waals surface area contributed by atoms with Gasteiger partial charge in [0.2, 0.25) is 5.91 Å². The van der Waals surface area contributed by atoms with E-state index in [4.69, 9.17) is 4.74 Å². The normalized spacial score (nSPS) is 25.4. The van der Waals surface area contributed by atoms with Crippen molar-refractivity contribution in [2.45, 2.75) is 51.4 Å². The molecule has 0 saturated carbocycles. The summed E-state index contributed by atoms with van der Waals surface area (Å²) in [4.78, 5) is 13.2. The summed E-state index contributed by atoms with van der Waals surface area (Å²) in [5, 5.41) is 3.23. The predicted molar refractivity (Wildman–Crippen MR) is 64.3 cm³/mol. The second kappa shape index (κ2) is 5.15. The molecule has 0 spiro atoms. The first-order valence-electron chi connectivity index (χ1n) is 5.94. The second-order valence-electron chi connectivity index (χ2n) is 5.40. The van der Waals surface area contributed by atoms with E-state index in [0.717, 1.165) is 19.4 Å². The molecule has 1 fully saturated rings. The highest BCUT2D eigenvalue weighted by atomic mass is 16.5. The van der Waals surface area contributed by atoms with Gasteiger partial charge in [-0.2, -0.15) is 0 Å². The van der Waals surface area contributed by atoms with Crippen molar-refractivity contribution >= 4 is 5.91 Å². The summed E-state index contributed by atoms with van der Waals surface area (Å²) in [6.45, 7) is 6.87. The summed E-state index contributed by atoms with van der Waals surface area (Å²) < 4.78 is 5.85. The topological polar surface area (TPSA) is 41.6 Å². The van der Waals surface area contributed by atoms with Gasteiger partial charge >= 0.3 is 0 Å². The summed E-state index contributed by atoms with van der Waals surface area (Å²) in [6, 6.07) is -0.137. The fourth-order valence-electron chi connectivity index (χ4n) is 2.00. The highest BCUT2D eigenvalue weighted by molar-refractivity contribution is 5.80. The van der Waals surface area contributed by atoms with Gasteiger partial charge in [-0.05, 0) is 33.6 Å². The molecule has 0 aliphatic carbocycles. The molecule has 0 aromatic carbocycles. The van der Waals surface area contributed by atoms with E-state index in [1.807, 2.05) is 6.92 Å². The van der Waals surface area contributed by atoms with E-state index in [9.17, 15) is 4.79 Å². The van der Waals surface area contributed by atoms with Crippen molar-refractivity contribution in [3.8, 4) is 0 Å². The number of likely N-dealkylation sites (N-methyl/N-ethyl adjacent to an activating group) is 1. The number of hydrogen-bond donors (Lipinski definition) is 1. The molecule has 2 unspecified atom stereocenters. The maximum Gasteiger partial charge on any atom is 0.238 e. The van der Waals surface area contributed by atoms with Crippen LogP contribution in [0.1, 0.15) is 33.6 Å². The zero-order chi connectivity index (χ0) is 12.3. The number of rotatable bonds is 4. The molecule has 4 nitrogen and oxygen atoms in total. The van der Waals surface area contributed by atoms with Crippen LogP contribution in [0.4, 0.5) is 0 Å². The van der Waals surface area contributed by atoms with Crippen LogP contribution < -0.4 is 5.32 Å². The van der Waals surface area contributed by atoms with Crippen molar-refractivity contribution < 1.29 is 9.53 Å². The third kappa shape index (κ3) is 3.76. The summed E-state index contributed by atoms with van der Waals surface area (Å²) in [7, 11) is 3.55. The van der Waals surface area contributed by atoms with Gasteiger partial charge in [0, 0.05) is 20.6 Å². The summed E-state index contributed by atoms with van der Waals surface area (Å²) in [6.07, 6.45) is 2.41. The molecular formula is C12H24N2O2. The third-order valence-electron chi connectivity index (χ3n) is 3.02. The molecule has 1 aliphatic rings. The van der Waals surface area contributed by atoms with Crippen LogP contribution in [0.3, 0.4) is 0 Å². The Balaban J connectivity index is 2.28. The van der Waals surface area contributed by atoms with E-state index in [1.54, 1.807) is 19.0 Å². The fourth-order valence-corrected chi connectivity index (χ4v) is 2.00. The molecule has 0 aromatic rings. The summed E-state index contributed by atoms with van der Waals surface area (Å²) in [5.41, 5.74) is 0.00113. The fraction of sp³-hybridized carbons (Fsp3) is 0.917. The van der Waals surface area contributed by atoms with Gasteiger partial charge in [-0.15, -0.1) is 0 Å². The zero-order valence-electron chi connectivity index (χ0n) is 11.0. The largest absolute Gasteiger partial charge is 0.371 e. The highest BCUT2D eigenvalue weighted by Crippen LogP contribution is 2.28. The molecule has 16 heavy (non-hydrogen) atoms. The Morgan fingerprint density at radius 3 is 2.62 bits per heavy atom. The molecule has 1 saturated heterocycles. The first-order valence-corrected chi connectivity index (χ1v) is 5.94. The van der Waals surface area contributed by atoms with E-state index in [2.05, 4.69) is 19.2 Å². The van der Waals surface area contributed by atoms with Gasteiger partial charge < -0.3 is 15.0 Å². The molecule has 94 valence electrons. The molecule has 1 rings (SSSR count). The summed E-state index contributed by atoms with van der Waals surface area (Å²) in [5.74, 6) is 0.109. The van der Waals surface area contributed by atoms with Crippen LogP contribution in [0, 0.1) is 0 Å². The molecule has 1 aliphatic heterocycles. The average molecular weight is 228 g/mol. The molecule has 1 heterocycles. The van der Waals surface area contributed by atoms with Gasteiger partial charge in [0.15, 0.2) is 0 Å². The Labute approximate surface area is 98.3 Å². The predicted octanol–water partition coefficient (Wildman–Crippen LogP) is 1.01. The summed E-state index contributed by atoms with van der Waals surface area (Å²) >= 11 is 0. The standard InChI is InChI=1S/C12H24N2O2/c1-9(11(15)14(4)5)13-8-10-6-7-12(2,3)16-10/h9-10,13H,6-8H2,1-5H3. The van der Waals surface area contributed by atoms with Crippen LogP contribution in [0.2, 0.25) is 0 Å². The Hall–Kier alpha value is -0.610. The Morgan fingerprint density at radius 1 is 1.56 bits per heavy atom. The van der Waals surface area contributed by atoms with Crippen LogP contribution in [0.15, 0.2) is 0 Å². The molecular weight excluding hydrogens is 204 g/mol. The van der Waals surface area contributed by atoms with E-state index in [1.165, 1.54) is 0 Å². The van der Waals surface area contributed by atoms with Crippen LogP contribution in [0.25, 0.3) is 0 Å². The molecule has 2 atom stereocenters. The van der Waals surface area contributed by atoms with Crippen molar-refractivity contribution in [3.05, 3.63) is 0 Å². The Morgan fingerprint density at radius 2 is 2.19 bits per heavy atom. The number of carbonyl (C=O) groups is 1. The van der Waals surface area contributed by atoms with Crippen molar-refractivity contribution in [2.24, 2.45) is 0 Å². The van der Waals surface area contributed by atoms with Crippen molar-refractivity contribution in [1.29, 1.82) is 0 Å². The van der Waals surface area contributed by atoms with E-state index < -0.39 is 0 Å². The Bertz CT molecular complexity index is 251. The van der Waals surface area contributed by atoms with Gasteiger partial charge in [-0.25, -0.2) is 0 Å². The van der Waals surface area contributed by atoms with Gasteiger partial charge in [-0.3, -0.25) is 4.79 Å². The van der Waals surface area contributed by atoms with E-state index in [0.29, 0.717) is 0 Å². The van der Waals surface area contributed by atoms with Crippen LogP contribution >= 0.6 is 0 Å². The monoisotopic (exact) mass is 228 g/mol. The van der Waals surface area contributed by atoms with Gasteiger partial charge in [0.25, 0.3) is 0 Å². The van der Waals surface area contributed by atoms with Crippen LogP contribution in [-0.2, 0) is 9.53 Å². The quantitative estimate of drug-likeness (QED) is 0.781. The Kier molecular flexibility index (Phi) is 4.33. The lowest BCUT2D eigenvalue weighted by atomic mass is 10.1. The second-order valence-corrected chi connectivity index (χ2v) is 5.40. The third-order valence-corrected chi connectivity index (χ3v) is 3.02. The smallest absolute Gasteiger partial charge is 0.238 e. The van der Waals surface area contributed by atoms with E-state index >= 15 is 0 Å². The molecule has 0 bridgehead atoms. The molecule has 0 radical (unpaired) electrons. The van der Waals surface area contributed by atoms with Crippen LogP contribution in [0.5, 0.6) is 0 Å². The lowest BCUT2D eigenvalue weighted by molar-refractivity contribution is -0.130. The first-order chi connectivity index (χ1) is 7.32. The molecule has 4 heteroatoms. The number of carbonyl (C=O) groups excluding carboxylic acids is 1. The average Bonchev–Trinajstić information content (AvgIpc) is 2.53. The minimum atomic E-state index is -0.137. The van der Waals surface area contributed by atoms with Crippen molar-refractivity contribution in [2.75, 3.05) is 20.6 Å². The number of nitrogens with one attached hydrogen (secondary N) is 1. The maximum atomic E-state index is 11.6. The lowest BCUT2D eigenvalue weighted by Crippen LogP contribution is -2.44. The molecule has 0 aromatic heterocycles. The maximum absolute atomic E-state index is 11.6. The molecule has 1 N–H and O–H groups in total. The van der Waals surface area contributed by atoms with Crippen molar-refractivity contribution in [1.82, 2.24) is 10.2 Å². The number of ether oxygens (including phenoxy) is 1. The van der Waals surface area contributed by atoms with Gasteiger partial charge in [0.05, 0.1) is 17.7 Å². The number of hydrogen-bond acceptors (Lipinski definition) is 3. The lowest BCUT2D eigenvalue weighted by Gasteiger charge is -2.22. The number of nitrogens with zero attached hydrogens (tertiary/aromatic N) is 1. The minimum Gasteiger partial charge on any atom is -0.371 e. The molecule has 1 amide bonds. The first kappa shape index (κ1) is 13.5. The SMILES string of the molecule is CC(NCC1CCC(C)(C)O1)C(=O)N(C)C.